The highest BCUT2D eigenvalue weighted by Gasteiger charge is 2.36. The van der Waals surface area contributed by atoms with Crippen LogP contribution in [0.2, 0.25) is 5.02 Å². The molecule has 2 heterocycles. The first-order valence-corrected chi connectivity index (χ1v) is 11.7. The minimum Gasteiger partial charge on any atom is -0.334 e. The van der Waals surface area contributed by atoms with Gasteiger partial charge < -0.3 is 9.84 Å². The summed E-state index contributed by atoms with van der Waals surface area (Å²) in [7, 11) is 0. The maximum absolute atomic E-state index is 13.4. The van der Waals surface area contributed by atoms with E-state index in [4.69, 9.17) is 21.1 Å². The summed E-state index contributed by atoms with van der Waals surface area (Å²) < 4.78 is 5.78. The fourth-order valence-corrected chi connectivity index (χ4v) is 4.47. The fourth-order valence-electron chi connectivity index (χ4n) is 4.34. The number of nitrogens with one attached hydrogen (secondary N) is 1. The van der Waals surface area contributed by atoms with Gasteiger partial charge in [0.15, 0.2) is 0 Å². The smallest absolute Gasteiger partial charge is 0.326 e. The molecular formula is C28H25ClN4O2. The number of amides is 2. The molecule has 1 aromatic heterocycles. The molecule has 0 spiro atoms. The lowest BCUT2D eigenvalue weighted by Crippen LogP contribution is -2.46. The molecule has 0 aliphatic carbocycles. The lowest BCUT2D eigenvalue weighted by molar-refractivity contribution is 0.244. The van der Waals surface area contributed by atoms with Crippen molar-refractivity contribution in [3.8, 4) is 11.4 Å². The third-order valence-corrected chi connectivity index (χ3v) is 6.62. The van der Waals surface area contributed by atoms with Crippen LogP contribution in [0, 0.1) is 20.8 Å². The SMILES string of the molecule is CC1=C(c2nc(-c3ccc(Cl)cc3)no2)C(c2ccc(C)c(C)c2)NC(=O)N1c1cccc(C)c1. The summed E-state index contributed by atoms with van der Waals surface area (Å²) in [6, 6.07) is 20.6. The van der Waals surface area contributed by atoms with Crippen molar-refractivity contribution in [2.45, 2.75) is 33.7 Å². The number of allylic oxidation sites excluding steroid dienone is 1. The normalized spacial score (nSPS) is 16.0. The van der Waals surface area contributed by atoms with Crippen molar-refractivity contribution in [1.29, 1.82) is 0 Å². The van der Waals surface area contributed by atoms with E-state index in [-0.39, 0.29) is 6.03 Å². The number of carbonyl (C=O) groups excluding carboxylic acids is 1. The van der Waals surface area contributed by atoms with Gasteiger partial charge in [-0.3, -0.25) is 4.90 Å². The molecule has 0 bridgehead atoms. The van der Waals surface area contributed by atoms with E-state index in [0.29, 0.717) is 16.7 Å². The summed E-state index contributed by atoms with van der Waals surface area (Å²) in [4.78, 5) is 19.8. The van der Waals surface area contributed by atoms with Crippen LogP contribution in [-0.2, 0) is 0 Å². The standard InChI is InChI=1S/C28H25ClN4O2/c1-16-6-5-7-23(14-16)33-19(4)24(25(30-28(33)34)21-9-8-17(2)18(3)15-21)27-31-26(32-35-27)20-10-12-22(29)13-11-20/h5-15,25H,1-4H3,(H,30,34). The number of halogens is 1. The first kappa shape index (κ1) is 22.9. The lowest BCUT2D eigenvalue weighted by Gasteiger charge is -2.35. The Bertz CT molecular complexity index is 1460. The minimum absolute atomic E-state index is 0.211. The Labute approximate surface area is 209 Å². The van der Waals surface area contributed by atoms with Crippen molar-refractivity contribution in [3.63, 3.8) is 0 Å². The van der Waals surface area contributed by atoms with E-state index in [0.717, 1.165) is 39.2 Å². The number of benzene rings is 3. The molecule has 2 amide bonds. The first-order valence-electron chi connectivity index (χ1n) is 11.4. The van der Waals surface area contributed by atoms with E-state index in [1.165, 1.54) is 5.56 Å². The monoisotopic (exact) mass is 484 g/mol. The van der Waals surface area contributed by atoms with Gasteiger partial charge in [0.05, 0.1) is 17.3 Å². The number of anilines is 1. The van der Waals surface area contributed by atoms with Crippen molar-refractivity contribution >= 4 is 28.9 Å². The highest BCUT2D eigenvalue weighted by atomic mass is 35.5. The molecule has 1 aliphatic heterocycles. The molecule has 0 saturated carbocycles. The Morgan fingerprint density at radius 3 is 2.43 bits per heavy atom. The molecule has 0 fully saturated rings. The van der Waals surface area contributed by atoms with Gasteiger partial charge in [0.25, 0.3) is 5.89 Å². The first-order chi connectivity index (χ1) is 16.8. The Balaban J connectivity index is 1.67. The molecule has 1 atom stereocenters. The molecule has 5 rings (SSSR count). The Morgan fingerprint density at radius 1 is 0.943 bits per heavy atom. The van der Waals surface area contributed by atoms with Gasteiger partial charge in [-0.2, -0.15) is 4.98 Å². The quantitative estimate of drug-likeness (QED) is 0.338. The van der Waals surface area contributed by atoms with Crippen LogP contribution in [0.25, 0.3) is 17.0 Å². The van der Waals surface area contributed by atoms with Crippen molar-refractivity contribution in [1.82, 2.24) is 15.5 Å². The molecule has 3 aromatic carbocycles. The minimum atomic E-state index is -0.443. The van der Waals surface area contributed by atoms with Crippen LogP contribution < -0.4 is 10.2 Å². The zero-order valence-electron chi connectivity index (χ0n) is 20.0. The Hall–Kier alpha value is -3.90. The predicted molar refractivity (Wildman–Crippen MR) is 138 cm³/mol. The van der Waals surface area contributed by atoms with Gasteiger partial charge in [0, 0.05) is 16.3 Å². The molecule has 0 saturated heterocycles. The van der Waals surface area contributed by atoms with Gasteiger partial charge in [-0.25, -0.2) is 4.79 Å². The van der Waals surface area contributed by atoms with Gasteiger partial charge >= 0.3 is 6.03 Å². The summed E-state index contributed by atoms with van der Waals surface area (Å²) in [5.41, 5.74) is 7.38. The number of hydrogen-bond acceptors (Lipinski definition) is 4. The van der Waals surface area contributed by atoms with Crippen molar-refractivity contribution in [3.05, 3.63) is 106 Å². The van der Waals surface area contributed by atoms with E-state index < -0.39 is 6.04 Å². The van der Waals surface area contributed by atoms with E-state index in [1.807, 2.05) is 56.3 Å². The maximum Gasteiger partial charge on any atom is 0.326 e. The predicted octanol–water partition coefficient (Wildman–Crippen LogP) is 7.02. The number of urea groups is 1. The number of aromatic nitrogens is 2. The summed E-state index contributed by atoms with van der Waals surface area (Å²) in [5, 5.41) is 8.02. The number of aryl methyl sites for hydroxylation is 3. The summed E-state index contributed by atoms with van der Waals surface area (Å²) in [5.74, 6) is 0.808. The van der Waals surface area contributed by atoms with Gasteiger partial charge in [-0.05, 0) is 86.3 Å². The number of carbonyl (C=O) groups is 1. The van der Waals surface area contributed by atoms with Crippen LogP contribution in [0.5, 0.6) is 0 Å². The molecule has 4 aromatic rings. The van der Waals surface area contributed by atoms with Gasteiger partial charge in [0.1, 0.15) is 0 Å². The van der Waals surface area contributed by atoms with Gasteiger partial charge in [-0.15, -0.1) is 0 Å². The van der Waals surface area contributed by atoms with E-state index in [9.17, 15) is 4.79 Å². The summed E-state index contributed by atoms with van der Waals surface area (Å²) in [6.07, 6.45) is 0. The average Bonchev–Trinajstić information content (AvgIpc) is 3.31. The van der Waals surface area contributed by atoms with Crippen LogP contribution in [0.3, 0.4) is 0 Å². The lowest BCUT2D eigenvalue weighted by atomic mass is 9.92. The number of nitrogens with zero attached hydrogens (tertiary/aromatic N) is 3. The Morgan fingerprint density at radius 2 is 1.71 bits per heavy atom. The second-order valence-electron chi connectivity index (χ2n) is 8.83. The maximum atomic E-state index is 13.4. The molecule has 1 aliphatic rings. The van der Waals surface area contributed by atoms with Gasteiger partial charge in [-0.1, -0.05) is 47.1 Å². The zero-order valence-corrected chi connectivity index (χ0v) is 20.7. The molecule has 6 nitrogen and oxygen atoms in total. The van der Waals surface area contributed by atoms with Gasteiger partial charge in [0.2, 0.25) is 5.82 Å². The average molecular weight is 485 g/mol. The molecular weight excluding hydrogens is 460 g/mol. The van der Waals surface area contributed by atoms with E-state index >= 15 is 0 Å². The second-order valence-corrected chi connectivity index (χ2v) is 9.27. The number of hydrogen-bond donors (Lipinski definition) is 1. The van der Waals surface area contributed by atoms with Crippen molar-refractivity contribution in [2.24, 2.45) is 0 Å². The molecule has 1 N–H and O–H groups in total. The largest absolute Gasteiger partial charge is 0.334 e. The second kappa shape index (κ2) is 9.04. The summed E-state index contributed by atoms with van der Waals surface area (Å²) >= 11 is 6.04. The molecule has 35 heavy (non-hydrogen) atoms. The van der Waals surface area contributed by atoms with Crippen LogP contribution in [-0.4, -0.2) is 16.2 Å². The van der Waals surface area contributed by atoms with E-state index in [1.54, 1.807) is 17.0 Å². The highest BCUT2D eigenvalue weighted by molar-refractivity contribution is 6.30. The number of rotatable bonds is 4. The molecule has 7 heteroatoms. The van der Waals surface area contributed by atoms with Crippen molar-refractivity contribution in [2.75, 3.05) is 4.90 Å². The molecule has 1 unspecified atom stereocenters. The van der Waals surface area contributed by atoms with Crippen LogP contribution in [0.15, 0.2) is 77.0 Å². The zero-order chi connectivity index (χ0) is 24.7. The topological polar surface area (TPSA) is 71.3 Å². The van der Waals surface area contributed by atoms with Crippen LogP contribution in [0.4, 0.5) is 10.5 Å². The fraction of sp³-hybridized carbons (Fsp3) is 0.179. The van der Waals surface area contributed by atoms with E-state index in [2.05, 4.69) is 36.5 Å². The van der Waals surface area contributed by atoms with Crippen LogP contribution >= 0.6 is 11.6 Å². The third kappa shape index (κ3) is 4.33. The van der Waals surface area contributed by atoms with Crippen molar-refractivity contribution < 1.29 is 9.32 Å². The molecule has 176 valence electrons. The third-order valence-electron chi connectivity index (χ3n) is 6.37. The summed E-state index contributed by atoms with van der Waals surface area (Å²) in [6.45, 7) is 8.04. The highest BCUT2D eigenvalue weighted by Crippen LogP contribution is 2.39. The van der Waals surface area contributed by atoms with Crippen LogP contribution in [0.1, 0.15) is 41.1 Å². The Kier molecular flexibility index (Phi) is 5.91. The molecule has 0 radical (unpaired) electrons.